The van der Waals surface area contributed by atoms with Crippen molar-refractivity contribution in [3.63, 3.8) is 0 Å². The number of hydrogen-bond donors (Lipinski definition) is 1. The van der Waals surface area contributed by atoms with Gasteiger partial charge in [0.05, 0.1) is 17.6 Å². The molecule has 2 rings (SSSR count). The number of ether oxygens (including phenoxy) is 2. The fraction of sp³-hybridized carbons (Fsp3) is 0.571. The summed E-state index contributed by atoms with van der Waals surface area (Å²) in [7, 11) is 0. The van der Waals surface area contributed by atoms with Crippen LogP contribution in [0, 0.1) is 16.0 Å². The first-order chi connectivity index (χ1) is 9.56. The van der Waals surface area contributed by atoms with Gasteiger partial charge in [0.15, 0.2) is 0 Å². The van der Waals surface area contributed by atoms with Crippen molar-refractivity contribution in [1.82, 2.24) is 5.32 Å². The molecule has 0 spiro atoms. The van der Waals surface area contributed by atoms with Crippen molar-refractivity contribution in [2.45, 2.75) is 26.4 Å². The van der Waals surface area contributed by atoms with Gasteiger partial charge >= 0.3 is 5.69 Å². The predicted molar refractivity (Wildman–Crippen MR) is 75.3 cm³/mol. The van der Waals surface area contributed by atoms with Crippen LogP contribution in [-0.2, 0) is 0 Å². The second-order valence-corrected chi connectivity index (χ2v) is 5.22. The Morgan fingerprint density at radius 1 is 1.50 bits per heavy atom. The fourth-order valence-corrected chi connectivity index (χ4v) is 2.15. The molecule has 6 nitrogen and oxygen atoms in total. The highest BCUT2D eigenvalue weighted by Crippen LogP contribution is 2.32. The number of nitro benzene ring substituents is 1. The van der Waals surface area contributed by atoms with Crippen LogP contribution >= 0.6 is 0 Å². The summed E-state index contributed by atoms with van der Waals surface area (Å²) in [5.74, 6) is 1.37. The topological polar surface area (TPSA) is 73.6 Å². The van der Waals surface area contributed by atoms with E-state index in [1.54, 1.807) is 12.1 Å². The minimum Gasteiger partial charge on any atom is -0.493 e. The number of nitro groups is 1. The number of benzene rings is 1. The minimum atomic E-state index is -0.442. The third-order valence-electron chi connectivity index (χ3n) is 3.14. The lowest BCUT2D eigenvalue weighted by atomic mass is 10.1. The van der Waals surface area contributed by atoms with Crippen LogP contribution in [0.15, 0.2) is 18.2 Å². The van der Waals surface area contributed by atoms with Gasteiger partial charge in [-0.25, -0.2) is 0 Å². The molecular formula is C14H20N2O4. The number of rotatable bonds is 6. The number of hydrogen-bond acceptors (Lipinski definition) is 5. The number of nitrogens with one attached hydrogen (secondary N) is 1. The van der Waals surface area contributed by atoms with Gasteiger partial charge in [0.2, 0.25) is 5.75 Å². The average molecular weight is 280 g/mol. The van der Waals surface area contributed by atoms with Crippen molar-refractivity contribution in [3.05, 3.63) is 28.3 Å². The van der Waals surface area contributed by atoms with E-state index in [0.29, 0.717) is 18.3 Å². The summed E-state index contributed by atoms with van der Waals surface area (Å²) in [6.07, 6.45) is 0.977. The third kappa shape index (κ3) is 3.84. The van der Waals surface area contributed by atoms with Gasteiger partial charge < -0.3 is 14.8 Å². The molecule has 1 heterocycles. The summed E-state index contributed by atoms with van der Waals surface area (Å²) >= 11 is 0. The van der Waals surface area contributed by atoms with Crippen LogP contribution in [0.2, 0.25) is 0 Å². The van der Waals surface area contributed by atoms with Gasteiger partial charge in [-0.05, 0) is 32.9 Å². The zero-order chi connectivity index (χ0) is 14.5. The Morgan fingerprint density at radius 3 is 2.90 bits per heavy atom. The summed E-state index contributed by atoms with van der Waals surface area (Å²) in [5.41, 5.74) is -0.0337. The van der Waals surface area contributed by atoms with Crippen LogP contribution in [0.3, 0.4) is 0 Å². The van der Waals surface area contributed by atoms with E-state index in [9.17, 15) is 10.1 Å². The Kier molecular flexibility index (Phi) is 4.79. The molecule has 1 atom stereocenters. The van der Waals surface area contributed by atoms with E-state index in [-0.39, 0.29) is 17.5 Å². The van der Waals surface area contributed by atoms with Crippen molar-refractivity contribution in [2.75, 3.05) is 19.7 Å². The van der Waals surface area contributed by atoms with E-state index in [4.69, 9.17) is 9.47 Å². The van der Waals surface area contributed by atoms with Gasteiger partial charge in [-0.2, -0.15) is 0 Å². The Bertz CT molecular complexity index is 470. The predicted octanol–water partition coefficient (Wildman–Crippen LogP) is 2.37. The maximum atomic E-state index is 11.0. The molecule has 0 amide bonds. The quantitative estimate of drug-likeness (QED) is 0.639. The summed E-state index contributed by atoms with van der Waals surface area (Å²) < 4.78 is 11.2. The molecule has 1 aromatic rings. The Balaban J connectivity index is 2.07. The third-order valence-corrected chi connectivity index (χ3v) is 3.14. The lowest BCUT2D eigenvalue weighted by Crippen LogP contribution is -2.15. The summed E-state index contributed by atoms with van der Waals surface area (Å²) in [4.78, 5) is 10.5. The molecule has 6 heteroatoms. The molecule has 0 radical (unpaired) electrons. The van der Waals surface area contributed by atoms with Gasteiger partial charge in [-0.3, -0.25) is 10.1 Å². The Morgan fingerprint density at radius 2 is 2.30 bits per heavy atom. The Labute approximate surface area is 118 Å². The summed E-state index contributed by atoms with van der Waals surface area (Å²) in [6.45, 7) is 6.27. The monoisotopic (exact) mass is 280 g/mol. The zero-order valence-corrected chi connectivity index (χ0v) is 11.8. The molecule has 0 aromatic heterocycles. The average Bonchev–Trinajstić information content (AvgIpc) is 2.88. The van der Waals surface area contributed by atoms with Crippen molar-refractivity contribution >= 4 is 5.69 Å². The summed E-state index contributed by atoms with van der Waals surface area (Å²) in [6, 6.07) is 4.65. The molecule has 1 saturated heterocycles. The molecule has 0 aliphatic carbocycles. The first kappa shape index (κ1) is 14.6. The van der Waals surface area contributed by atoms with E-state index in [2.05, 4.69) is 5.32 Å². The molecule has 1 aromatic carbocycles. The van der Waals surface area contributed by atoms with Crippen molar-refractivity contribution in [1.29, 1.82) is 0 Å². The first-order valence-electron chi connectivity index (χ1n) is 6.85. The van der Waals surface area contributed by atoms with Crippen LogP contribution in [0.4, 0.5) is 5.69 Å². The van der Waals surface area contributed by atoms with Crippen molar-refractivity contribution < 1.29 is 14.4 Å². The molecule has 1 N–H and O–H groups in total. The van der Waals surface area contributed by atoms with Gasteiger partial charge in [-0.15, -0.1) is 0 Å². The van der Waals surface area contributed by atoms with Gasteiger partial charge in [0.1, 0.15) is 5.75 Å². The number of nitrogens with zero attached hydrogens (tertiary/aromatic N) is 1. The molecule has 0 bridgehead atoms. The first-order valence-corrected chi connectivity index (χ1v) is 6.85. The molecule has 1 unspecified atom stereocenters. The molecule has 0 saturated carbocycles. The van der Waals surface area contributed by atoms with E-state index in [1.165, 1.54) is 6.07 Å². The smallest absolute Gasteiger partial charge is 0.311 e. The highest BCUT2D eigenvalue weighted by atomic mass is 16.6. The second kappa shape index (κ2) is 6.56. The highest BCUT2D eigenvalue weighted by Gasteiger charge is 2.19. The van der Waals surface area contributed by atoms with E-state index in [0.717, 1.165) is 19.5 Å². The standard InChI is InChI=1S/C14H20N2O4/c1-10(2)20-14-7-12(3-4-13(14)16(17)18)19-9-11-5-6-15-8-11/h3-4,7,10-11,15H,5-6,8-9H2,1-2H3. The lowest BCUT2D eigenvalue weighted by Gasteiger charge is -2.14. The molecule has 20 heavy (non-hydrogen) atoms. The second-order valence-electron chi connectivity index (χ2n) is 5.22. The van der Waals surface area contributed by atoms with E-state index < -0.39 is 4.92 Å². The van der Waals surface area contributed by atoms with Crippen molar-refractivity contribution in [2.24, 2.45) is 5.92 Å². The van der Waals surface area contributed by atoms with Crippen LogP contribution in [0.5, 0.6) is 11.5 Å². The van der Waals surface area contributed by atoms with Crippen LogP contribution in [-0.4, -0.2) is 30.7 Å². The van der Waals surface area contributed by atoms with Gasteiger partial charge in [0.25, 0.3) is 0 Å². The highest BCUT2D eigenvalue weighted by molar-refractivity contribution is 5.50. The van der Waals surface area contributed by atoms with Gasteiger partial charge in [-0.1, -0.05) is 0 Å². The van der Waals surface area contributed by atoms with Gasteiger partial charge in [0, 0.05) is 24.6 Å². The normalized spacial score (nSPS) is 18.2. The lowest BCUT2D eigenvalue weighted by molar-refractivity contribution is -0.386. The molecule has 110 valence electrons. The minimum absolute atomic E-state index is 0.0337. The largest absolute Gasteiger partial charge is 0.493 e. The Hall–Kier alpha value is -1.82. The zero-order valence-electron chi connectivity index (χ0n) is 11.8. The van der Waals surface area contributed by atoms with Crippen LogP contribution < -0.4 is 14.8 Å². The molecule has 1 aliphatic rings. The maximum Gasteiger partial charge on any atom is 0.311 e. The van der Waals surface area contributed by atoms with E-state index >= 15 is 0 Å². The molecule has 1 aliphatic heterocycles. The van der Waals surface area contributed by atoms with Crippen molar-refractivity contribution in [3.8, 4) is 11.5 Å². The van der Waals surface area contributed by atoms with E-state index in [1.807, 2.05) is 13.8 Å². The van der Waals surface area contributed by atoms with Crippen LogP contribution in [0.25, 0.3) is 0 Å². The van der Waals surface area contributed by atoms with Crippen LogP contribution in [0.1, 0.15) is 20.3 Å². The summed E-state index contributed by atoms with van der Waals surface area (Å²) in [5, 5.41) is 14.2. The fourth-order valence-electron chi connectivity index (χ4n) is 2.15. The SMILES string of the molecule is CC(C)Oc1cc(OCC2CCNC2)ccc1[N+](=O)[O-]. The molecular weight excluding hydrogens is 260 g/mol. The molecule has 1 fully saturated rings. The maximum absolute atomic E-state index is 11.0.